The highest BCUT2D eigenvalue weighted by Gasteiger charge is 2.16. The van der Waals surface area contributed by atoms with Crippen molar-refractivity contribution in [3.8, 4) is 5.75 Å². The first-order chi connectivity index (χ1) is 10.9. The van der Waals surface area contributed by atoms with Crippen molar-refractivity contribution >= 4 is 5.82 Å². The Labute approximate surface area is 139 Å². The fourth-order valence-corrected chi connectivity index (χ4v) is 2.87. The van der Waals surface area contributed by atoms with Gasteiger partial charge in [0.1, 0.15) is 11.6 Å². The highest BCUT2D eigenvalue weighted by Crippen LogP contribution is 2.23. The third-order valence-corrected chi connectivity index (χ3v) is 3.99. The molecule has 1 aromatic heterocycles. The smallest absolute Gasteiger partial charge is 0.130 e. The molecule has 1 aromatic carbocycles. The molecule has 0 radical (unpaired) electrons. The number of hydrogen-bond donors (Lipinski definition) is 1. The molecule has 0 amide bonds. The minimum Gasteiger partial charge on any atom is -0.494 e. The van der Waals surface area contributed by atoms with Gasteiger partial charge in [0, 0.05) is 39.3 Å². The number of benzene rings is 1. The normalized spacial score (nSPS) is 12.3. The second-order valence-electron chi connectivity index (χ2n) is 6.01. The van der Waals surface area contributed by atoms with Gasteiger partial charge in [0.2, 0.25) is 0 Å². The first-order valence-electron chi connectivity index (χ1n) is 8.10. The van der Waals surface area contributed by atoms with Crippen LogP contribution in [0.3, 0.4) is 0 Å². The van der Waals surface area contributed by atoms with Gasteiger partial charge in [-0.1, -0.05) is 12.1 Å². The Hall–Kier alpha value is -2.01. The zero-order valence-corrected chi connectivity index (χ0v) is 15.1. The van der Waals surface area contributed by atoms with Gasteiger partial charge in [0.25, 0.3) is 0 Å². The predicted molar refractivity (Wildman–Crippen MR) is 95.1 cm³/mol. The largest absolute Gasteiger partial charge is 0.494 e. The first-order valence-corrected chi connectivity index (χ1v) is 8.10. The Bertz CT molecular complexity index is 648. The Kier molecular flexibility index (Phi) is 5.66. The van der Waals surface area contributed by atoms with Crippen LogP contribution in [0.15, 0.2) is 24.3 Å². The van der Waals surface area contributed by atoms with E-state index in [1.807, 2.05) is 30.8 Å². The lowest BCUT2D eigenvalue weighted by Gasteiger charge is -2.18. The summed E-state index contributed by atoms with van der Waals surface area (Å²) >= 11 is 0. The van der Waals surface area contributed by atoms with Crippen LogP contribution in [0.5, 0.6) is 5.75 Å². The van der Waals surface area contributed by atoms with Crippen LogP contribution in [-0.2, 0) is 13.6 Å². The highest BCUT2D eigenvalue weighted by molar-refractivity contribution is 5.49. The predicted octanol–water partition coefficient (Wildman–Crippen LogP) is 3.04. The number of aromatic nitrogens is 2. The van der Waals surface area contributed by atoms with Crippen molar-refractivity contribution in [1.82, 2.24) is 15.1 Å². The second kappa shape index (κ2) is 7.51. The molecule has 1 N–H and O–H groups in total. The summed E-state index contributed by atoms with van der Waals surface area (Å²) in [5.41, 5.74) is 3.54. The highest BCUT2D eigenvalue weighted by atomic mass is 16.5. The van der Waals surface area contributed by atoms with Crippen molar-refractivity contribution in [3.05, 3.63) is 41.1 Å². The van der Waals surface area contributed by atoms with Gasteiger partial charge in [0.05, 0.1) is 12.3 Å². The van der Waals surface area contributed by atoms with Crippen LogP contribution in [0, 0.1) is 6.92 Å². The van der Waals surface area contributed by atoms with Crippen LogP contribution < -0.4 is 15.0 Å². The van der Waals surface area contributed by atoms with Crippen LogP contribution in [0.1, 0.15) is 36.7 Å². The van der Waals surface area contributed by atoms with Gasteiger partial charge in [-0.05, 0) is 38.5 Å². The van der Waals surface area contributed by atoms with Crippen molar-refractivity contribution in [3.63, 3.8) is 0 Å². The molecule has 126 valence electrons. The number of anilines is 1. The molecule has 0 spiro atoms. The molecule has 0 bridgehead atoms. The van der Waals surface area contributed by atoms with E-state index in [9.17, 15) is 0 Å². The van der Waals surface area contributed by atoms with E-state index in [1.54, 1.807) is 0 Å². The summed E-state index contributed by atoms with van der Waals surface area (Å²) in [7, 11) is 6.09. The quantitative estimate of drug-likeness (QED) is 0.852. The molecule has 1 heterocycles. The first kappa shape index (κ1) is 17.3. The molecule has 0 fully saturated rings. The molecule has 0 saturated heterocycles. The van der Waals surface area contributed by atoms with Gasteiger partial charge in [-0.25, -0.2) is 0 Å². The number of rotatable bonds is 7. The van der Waals surface area contributed by atoms with E-state index < -0.39 is 0 Å². The van der Waals surface area contributed by atoms with Crippen LogP contribution >= 0.6 is 0 Å². The summed E-state index contributed by atoms with van der Waals surface area (Å²) < 4.78 is 7.52. The van der Waals surface area contributed by atoms with Crippen molar-refractivity contribution < 1.29 is 4.74 Å². The fourth-order valence-electron chi connectivity index (χ4n) is 2.87. The summed E-state index contributed by atoms with van der Waals surface area (Å²) in [6.45, 7) is 7.71. The molecule has 5 nitrogen and oxygen atoms in total. The van der Waals surface area contributed by atoms with E-state index in [0.29, 0.717) is 6.61 Å². The molecule has 0 aliphatic heterocycles. The van der Waals surface area contributed by atoms with Gasteiger partial charge < -0.3 is 15.0 Å². The summed E-state index contributed by atoms with van der Waals surface area (Å²) in [6.07, 6.45) is 0. The molecule has 0 aliphatic rings. The third-order valence-electron chi connectivity index (χ3n) is 3.99. The number of aryl methyl sites for hydroxylation is 2. The van der Waals surface area contributed by atoms with E-state index >= 15 is 0 Å². The minimum atomic E-state index is 0.241. The average molecular weight is 316 g/mol. The number of hydrogen-bond acceptors (Lipinski definition) is 4. The summed E-state index contributed by atoms with van der Waals surface area (Å²) in [4.78, 5) is 2.11. The van der Waals surface area contributed by atoms with E-state index in [1.165, 1.54) is 11.1 Å². The maximum atomic E-state index is 5.58. The molecule has 5 heteroatoms. The maximum Gasteiger partial charge on any atom is 0.130 e. The molecule has 0 unspecified atom stereocenters. The van der Waals surface area contributed by atoms with E-state index in [2.05, 4.69) is 55.4 Å². The van der Waals surface area contributed by atoms with Crippen LogP contribution in [0.4, 0.5) is 5.82 Å². The standard InChI is InChI=1S/C18H28N4O/c1-7-23-16-10-8-9-15(11-16)13(2)19-12-17-14(3)20-22(6)18(17)21(4)5/h8-11,13,19H,7,12H2,1-6H3/t13-/m1/s1. The monoisotopic (exact) mass is 316 g/mol. The van der Waals surface area contributed by atoms with Crippen molar-refractivity contribution in [2.75, 3.05) is 25.6 Å². The zero-order valence-electron chi connectivity index (χ0n) is 15.1. The van der Waals surface area contributed by atoms with Gasteiger partial charge in [-0.3, -0.25) is 4.68 Å². The number of ether oxygens (including phenoxy) is 1. The van der Waals surface area contributed by atoms with Gasteiger partial charge >= 0.3 is 0 Å². The number of nitrogens with zero attached hydrogens (tertiary/aromatic N) is 3. The SMILES string of the molecule is CCOc1cccc([C@@H](C)NCc2c(C)nn(C)c2N(C)C)c1. The molecular formula is C18H28N4O. The Morgan fingerprint density at radius 3 is 2.74 bits per heavy atom. The van der Waals surface area contributed by atoms with Crippen LogP contribution in [-0.4, -0.2) is 30.5 Å². The van der Waals surface area contributed by atoms with Crippen LogP contribution in [0.2, 0.25) is 0 Å². The molecule has 0 saturated carbocycles. The molecule has 2 aromatic rings. The summed E-state index contributed by atoms with van der Waals surface area (Å²) in [5, 5.41) is 8.13. The Morgan fingerprint density at radius 2 is 2.09 bits per heavy atom. The Balaban J connectivity index is 2.10. The van der Waals surface area contributed by atoms with E-state index in [-0.39, 0.29) is 6.04 Å². The zero-order chi connectivity index (χ0) is 17.0. The second-order valence-corrected chi connectivity index (χ2v) is 6.01. The molecule has 0 aliphatic carbocycles. The van der Waals surface area contributed by atoms with E-state index in [0.717, 1.165) is 23.8 Å². The van der Waals surface area contributed by atoms with Crippen molar-refractivity contribution in [2.24, 2.45) is 7.05 Å². The fraction of sp³-hybridized carbons (Fsp3) is 0.500. The van der Waals surface area contributed by atoms with Gasteiger partial charge in [-0.2, -0.15) is 5.10 Å². The number of nitrogens with one attached hydrogen (secondary N) is 1. The van der Waals surface area contributed by atoms with Crippen molar-refractivity contribution in [2.45, 2.75) is 33.4 Å². The lowest BCUT2D eigenvalue weighted by atomic mass is 10.1. The lowest BCUT2D eigenvalue weighted by Crippen LogP contribution is -2.21. The lowest BCUT2D eigenvalue weighted by molar-refractivity contribution is 0.339. The topological polar surface area (TPSA) is 42.3 Å². The summed E-state index contributed by atoms with van der Waals surface area (Å²) in [5.74, 6) is 2.07. The molecular weight excluding hydrogens is 288 g/mol. The Morgan fingerprint density at radius 1 is 1.35 bits per heavy atom. The third kappa shape index (κ3) is 4.05. The summed E-state index contributed by atoms with van der Waals surface area (Å²) in [6, 6.07) is 8.51. The minimum absolute atomic E-state index is 0.241. The molecule has 23 heavy (non-hydrogen) atoms. The average Bonchev–Trinajstić information content (AvgIpc) is 2.79. The molecule has 1 atom stereocenters. The van der Waals surface area contributed by atoms with Crippen molar-refractivity contribution in [1.29, 1.82) is 0 Å². The molecule has 2 rings (SSSR count). The maximum absolute atomic E-state index is 5.58. The van der Waals surface area contributed by atoms with Gasteiger partial charge in [0.15, 0.2) is 0 Å². The van der Waals surface area contributed by atoms with Gasteiger partial charge in [-0.15, -0.1) is 0 Å². The van der Waals surface area contributed by atoms with E-state index in [4.69, 9.17) is 4.74 Å². The van der Waals surface area contributed by atoms with Crippen LogP contribution in [0.25, 0.3) is 0 Å².